The number of hydrogen-bond acceptors (Lipinski definition) is 4. The number of aromatic hydroxyl groups is 3. The molecule has 4 heteroatoms. The standard InChI is InChI=1S/C11H15NO3/c12-11(5-6-11)4-3-7-1-2-8(13)10(15)9(7)14/h1-2,13-15H,3-6,12H2. The van der Waals surface area contributed by atoms with E-state index in [1.165, 1.54) is 6.07 Å². The van der Waals surface area contributed by atoms with Crippen molar-refractivity contribution in [2.24, 2.45) is 5.73 Å². The molecule has 1 fully saturated rings. The van der Waals surface area contributed by atoms with Crippen molar-refractivity contribution in [2.75, 3.05) is 0 Å². The summed E-state index contributed by atoms with van der Waals surface area (Å²) in [6, 6.07) is 2.98. The lowest BCUT2D eigenvalue weighted by Crippen LogP contribution is -2.22. The van der Waals surface area contributed by atoms with Crippen LogP contribution in [0, 0.1) is 0 Å². The largest absolute Gasteiger partial charge is 0.504 e. The van der Waals surface area contributed by atoms with Crippen molar-refractivity contribution >= 4 is 0 Å². The van der Waals surface area contributed by atoms with Gasteiger partial charge in [0.05, 0.1) is 0 Å². The van der Waals surface area contributed by atoms with Crippen molar-refractivity contribution in [1.29, 1.82) is 0 Å². The van der Waals surface area contributed by atoms with E-state index in [1.54, 1.807) is 6.07 Å². The Morgan fingerprint density at radius 2 is 1.80 bits per heavy atom. The molecule has 5 N–H and O–H groups in total. The maximum absolute atomic E-state index is 9.54. The number of rotatable bonds is 3. The summed E-state index contributed by atoms with van der Waals surface area (Å²) in [6.07, 6.45) is 3.47. The van der Waals surface area contributed by atoms with Crippen molar-refractivity contribution in [3.8, 4) is 17.2 Å². The average molecular weight is 209 g/mol. The summed E-state index contributed by atoms with van der Waals surface area (Å²) in [5, 5.41) is 28.0. The van der Waals surface area contributed by atoms with Crippen LogP contribution in [0.2, 0.25) is 0 Å². The van der Waals surface area contributed by atoms with Gasteiger partial charge in [0.2, 0.25) is 5.75 Å². The molecule has 82 valence electrons. The quantitative estimate of drug-likeness (QED) is 0.564. The van der Waals surface area contributed by atoms with E-state index in [4.69, 9.17) is 10.8 Å². The second-order valence-electron chi connectivity index (χ2n) is 4.30. The van der Waals surface area contributed by atoms with E-state index in [0.29, 0.717) is 12.0 Å². The molecule has 2 rings (SSSR count). The molecule has 0 unspecified atom stereocenters. The van der Waals surface area contributed by atoms with Gasteiger partial charge in [-0.3, -0.25) is 0 Å². The number of hydrogen-bond donors (Lipinski definition) is 4. The molecule has 1 aliphatic carbocycles. The van der Waals surface area contributed by atoms with Crippen molar-refractivity contribution in [3.63, 3.8) is 0 Å². The summed E-state index contributed by atoms with van der Waals surface area (Å²) in [7, 11) is 0. The lowest BCUT2D eigenvalue weighted by Gasteiger charge is -2.10. The van der Waals surface area contributed by atoms with Crippen molar-refractivity contribution < 1.29 is 15.3 Å². The first-order valence-corrected chi connectivity index (χ1v) is 5.03. The Hall–Kier alpha value is -1.42. The first-order valence-electron chi connectivity index (χ1n) is 5.03. The topological polar surface area (TPSA) is 86.7 Å². The van der Waals surface area contributed by atoms with Gasteiger partial charge in [0.1, 0.15) is 0 Å². The fourth-order valence-electron chi connectivity index (χ4n) is 1.61. The van der Waals surface area contributed by atoms with Gasteiger partial charge in [0.15, 0.2) is 11.5 Å². The lowest BCUT2D eigenvalue weighted by molar-refractivity contribution is 0.364. The highest BCUT2D eigenvalue weighted by Crippen LogP contribution is 2.41. The second-order valence-corrected chi connectivity index (χ2v) is 4.30. The molecular formula is C11H15NO3. The molecule has 1 aromatic rings. The lowest BCUT2D eigenvalue weighted by atomic mass is 10.0. The summed E-state index contributed by atoms with van der Waals surface area (Å²) in [5.41, 5.74) is 6.48. The van der Waals surface area contributed by atoms with Gasteiger partial charge in [-0.05, 0) is 37.3 Å². The van der Waals surface area contributed by atoms with Gasteiger partial charge in [0.25, 0.3) is 0 Å². The number of nitrogens with two attached hydrogens (primary N) is 1. The molecular weight excluding hydrogens is 194 g/mol. The Morgan fingerprint density at radius 1 is 1.13 bits per heavy atom. The van der Waals surface area contributed by atoms with E-state index >= 15 is 0 Å². The SMILES string of the molecule is NC1(CCc2ccc(O)c(O)c2O)CC1. The molecule has 0 amide bonds. The molecule has 1 saturated carbocycles. The van der Waals surface area contributed by atoms with Crippen LogP contribution in [0.25, 0.3) is 0 Å². The van der Waals surface area contributed by atoms with Gasteiger partial charge < -0.3 is 21.1 Å². The van der Waals surface area contributed by atoms with Gasteiger partial charge in [0, 0.05) is 5.54 Å². The first kappa shape index (κ1) is 10.1. The predicted molar refractivity (Wildman–Crippen MR) is 55.9 cm³/mol. The Bertz CT molecular complexity index is 386. The Kier molecular flexibility index (Phi) is 2.23. The molecule has 15 heavy (non-hydrogen) atoms. The van der Waals surface area contributed by atoms with Gasteiger partial charge in [-0.2, -0.15) is 0 Å². The predicted octanol–water partition coefficient (Wildman–Crippen LogP) is 1.23. The van der Waals surface area contributed by atoms with Crippen molar-refractivity contribution in [1.82, 2.24) is 0 Å². The minimum Gasteiger partial charge on any atom is -0.504 e. The number of phenols is 3. The maximum atomic E-state index is 9.54. The van der Waals surface area contributed by atoms with Crippen LogP contribution in [0.1, 0.15) is 24.8 Å². The van der Waals surface area contributed by atoms with Crippen LogP contribution in [-0.4, -0.2) is 20.9 Å². The van der Waals surface area contributed by atoms with Gasteiger partial charge in [-0.15, -0.1) is 0 Å². The fraction of sp³-hybridized carbons (Fsp3) is 0.455. The van der Waals surface area contributed by atoms with Crippen LogP contribution in [0.3, 0.4) is 0 Å². The molecule has 0 aromatic heterocycles. The molecule has 0 radical (unpaired) electrons. The molecule has 0 saturated heterocycles. The van der Waals surface area contributed by atoms with Crippen LogP contribution in [0.5, 0.6) is 17.2 Å². The monoisotopic (exact) mass is 209 g/mol. The molecule has 1 aliphatic rings. The Labute approximate surface area is 88.0 Å². The van der Waals surface area contributed by atoms with Gasteiger partial charge in [-0.1, -0.05) is 6.07 Å². The molecule has 0 aliphatic heterocycles. The zero-order valence-electron chi connectivity index (χ0n) is 8.40. The zero-order chi connectivity index (χ0) is 11.1. The summed E-state index contributed by atoms with van der Waals surface area (Å²) < 4.78 is 0. The third-order valence-corrected chi connectivity index (χ3v) is 3.00. The Morgan fingerprint density at radius 3 is 2.40 bits per heavy atom. The highest BCUT2D eigenvalue weighted by atomic mass is 16.3. The molecule has 1 aromatic carbocycles. The van der Waals surface area contributed by atoms with Crippen LogP contribution < -0.4 is 5.73 Å². The van der Waals surface area contributed by atoms with E-state index < -0.39 is 5.75 Å². The van der Waals surface area contributed by atoms with E-state index in [0.717, 1.165) is 19.3 Å². The molecule has 0 spiro atoms. The number of aryl methyl sites for hydroxylation is 1. The summed E-state index contributed by atoms with van der Waals surface area (Å²) >= 11 is 0. The zero-order valence-corrected chi connectivity index (χ0v) is 8.40. The highest BCUT2D eigenvalue weighted by Gasteiger charge is 2.37. The molecule has 4 nitrogen and oxygen atoms in total. The highest BCUT2D eigenvalue weighted by molar-refractivity contribution is 5.53. The number of benzene rings is 1. The minimum atomic E-state index is -0.450. The summed E-state index contributed by atoms with van der Waals surface area (Å²) in [5.74, 6) is -0.987. The van der Waals surface area contributed by atoms with E-state index in [-0.39, 0.29) is 17.0 Å². The van der Waals surface area contributed by atoms with E-state index in [1.807, 2.05) is 0 Å². The van der Waals surface area contributed by atoms with E-state index in [2.05, 4.69) is 0 Å². The third kappa shape index (κ3) is 1.99. The fourth-order valence-corrected chi connectivity index (χ4v) is 1.61. The molecule has 0 atom stereocenters. The normalized spacial score (nSPS) is 17.7. The van der Waals surface area contributed by atoms with Crippen LogP contribution in [0.4, 0.5) is 0 Å². The van der Waals surface area contributed by atoms with Crippen LogP contribution >= 0.6 is 0 Å². The van der Waals surface area contributed by atoms with Gasteiger partial charge in [-0.25, -0.2) is 0 Å². The van der Waals surface area contributed by atoms with E-state index in [9.17, 15) is 10.2 Å². The first-order chi connectivity index (χ1) is 7.02. The Balaban J connectivity index is 2.11. The van der Waals surface area contributed by atoms with Crippen LogP contribution in [-0.2, 0) is 6.42 Å². The smallest absolute Gasteiger partial charge is 0.200 e. The second kappa shape index (κ2) is 3.31. The summed E-state index contributed by atoms with van der Waals surface area (Å²) in [6.45, 7) is 0. The molecule has 0 heterocycles. The maximum Gasteiger partial charge on any atom is 0.200 e. The third-order valence-electron chi connectivity index (χ3n) is 3.00. The summed E-state index contributed by atoms with van der Waals surface area (Å²) in [4.78, 5) is 0. The van der Waals surface area contributed by atoms with Crippen molar-refractivity contribution in [2.45, 2.75) is 31.2 Å². The van der Waals surface area contributed by atoms with Gasteiger partial charge >= 0.3 is 0 Å². The average Bonchev–Trinajstić information content (AvgIpc) is 2.93. The number of phenolic OH excluding ortho intramolecular Hbond substituents is 3. The van der Waals surface area contributed by atoms with Crippen molar-refractivity contribution in [3.05, 3.63) is 17.7 Å². The van der Waals surface area contributed by atoms with Crippen LogP contribution in [0.15, 0.2) is 12.1 Å². The minimum absolute atomic E-state index is 0.0695. The molecule has 0 bridgehead atoms.